The Labute approximate surface area is 97.4 Å². The van der Waals surface area contributed by atoms with Crippen molar-refractivity contribution in [3.8, 4) is 11.5 Å². The van der Waals surface area contributed by atoms with E-state index in [4.69, 9.17) is 10.5 Å². The molecule has 0 heterocycles. The Hall–Kier alpha value is -0.740. The molecule has 1 aromatic carbocycles. The second-order valence-corrected chi connectivity index (χ2v) is 5.02. The number of aromatic hydroxyl groups is 1. The van der Waals surface area contributed by atoms with Gasteiger partial charge in [-0.05, 0) is 52.9 Å². The number of nitrogens with two attached hydrogens (primary N) is 1. The van der Waals surface area contributed by atoms with Crippen molar-refractivity contribution < 1.29 is 9.84 Å². The number of phenols is 1. The highest BCUT2D eigenvalue weighted by Crippen LogP contribution is 2.40. The predicted molar refractivity (Wildman–Crippen MR) is 62.2 cm³/mol. The van der Waals surface area contributed by atoms with E-state index in [1.165, 1.54) is 0 Å². The Morgan fingerprint density at radius 3 is 2.73 bits per heavy atom. The van der Waals surface area contributed by atoms with Gasteiger partial charge in [-0.15, -0.1) is 0 Å². The third-order valence-corrected chi connectivity index (χ3v) is 3.36. The lowest BCUT2D eigenvalue weighted by molar-refractivity contribution is 0.371. The van der Waals surface area contributed by atoms with Crippen LogP contribution < -0.4 is 10.5 Å². The molecule has 0 radical (unpaired) electrons. The highest BCUT2D eigenvalue weighted by Gasteiger charge is 2.38. The van der Waals surface area contributed by atoms with E-state index in [-0.39, 0.29) is 11.3 Å². The van der Waals surface area contributed by atoms with Crippen LogP contribution in [0.1, 0.15) is 18.4 Å². The van der Waals surface area contributed by atoms with Gasteiger partial charge in [-0.25, -0.2) is 0 Å². The lowest BCUT2D eigenvalue weighted by Gasteiger charge is -2.12. The zero-order valence-corrected chi connectivity index (χ0v) is 10.2. The number of phenolic OH excluding ortho intramolecular Hbond substituents is 1. The van der Waals surface area contributed by atoms with Gasteiger partial charge in [-0.3, -0.25) is 0 Å². The third kappa shape index (κ3) is 2.26. The quantitative estimate of drug-likeness (QED) is 0.886. The van der Waals surface area contributed by atoms with Crippen molar-refractivity contribution >= 4 is 15.9 Å². The van der Waals surface area contributed by atoms with Crippen LogP contribution in [0.3, 0.4) is 0 Å². The van der Waals surface area contributed by atoms with E-state index in [9.17, 15) is 5.11 Å². The molecule has 0 amide bonds. The predicted octanol–water partition coefficient (Wildman–Crippen LogP) is 2.20. The van der Waals surface area contributed by atoms with Crippen molar-refractivity contribution in [2.24, 2.45) is 5.73 Å². The first kappa shape index (κ1) is 10.8. The van der Waals surface area contributed by atoms with E-state index in [1.54, 1.807) is 7.11 Å². The van der Waals surface area contributed by atoms with Crippen LogP contribution in [-0.4, -0.2) is 17.8 Å². The molecule has 3 nitrogen and oxygen atoms in total. The summed E-state index contributed by atoms with van der Waals surface area (Å²) in [5, 5.41) is 9.63. The number of hydrogen-bond acceptors (Lipinski definition) is 3. The largest absolute Gasteiger partial charge is 0.503 e. The van der Waals surface area contributed by atoms with Crippen LogP contribution in [0.5, 0.6) is 11.5 Å². The van der Waals surface area contributed by atoms with Gasteiger partial charge in [0.2, 0.25) is 0 Å². The van der Waals surface area contributed by atoms with Crippen molar-refractivity contribution in [2.75, 3.05) is 7.11 Å². The summed E-state index contributed by atoms with van der Waals surface area (Å²) in [6.07, 6.45) is 2.99. The average Bonchev–Trinajstić information content (AvgIpc) is 2.89. The maximum absolute atomic E-state index is 9.63. The number of halogens is 1. The lowest BCUT2D eigenvalue weighted by atomic mass is 10.0. The summed E-state index contributed by atoms with van der Waals surface area (Å²) in [6, 6.07) is 3.73. The molecule has 4 heteroatoms. The average molecular weight is 272 g/mol. The van der Waals surface area contributed by atoms with E-state index >= 15 is 0 Å². The molecule has 0 saturated heterocycles. The van der Waals surface area contributed by atoms with Gasteiger partial charge in [-0.1, -0.05) is 0 Å². The van der Waals surface area contributed by atoms with E-state index in [2.05, 4.69) is 15.9 Å². The molecule has 2 rings (SSSR count). The number of methoxy groups -OCH3 is 1. The van der Waals surface area contributed by atoms with E-state index in [1.807, 2.05) is 12.1 Å². The van der Waals surface area contributed by atoms with E-state index in [0.717, 1.165) is 24.8 Å². The number of benzene rings is 1. The summed E-state index contributed by atoms with van der Waals surface area (Å²) in [4.78, 5) is 0. The molecule has 0 unspecified atom stereocenters. The van der Waals surface area contributed by atoms with Crippen LogP contribution in [0, 0.1) is 0 Å². The molecule has 0 bridgehead atoms. The SMILES string of the molecule is COc1cc(CC2(N)CC2)cc(Br)c1O. The van der Waals surface area contributed by atoms with Gasteiger partial charge in [0.25, 0.3) is 0 Å². The molecule has 1 aromatic rings. The monoisotopic (exact) mass is 271 g/mol. The first-order valence-electron chi connectivity index (χ1n) is 4.88. The van der Waals surface area contributed by atoms with Crippen LogP contribution in [-0.2, 0) is 6.42 Å². The van der Waals surface area contributed by atoms with Gasteiger partial charge in [0, 0.05) is 5.54 Å². The standard InChI is InChI=1S/C11H14BrNO2/c1-15-9-5-7(4-8(12)10(9)14)6-11(13)2-3-11/h4-5,14H,2-3,6,13H2,1H3. The van der Waals surface area contributed by atoms with E-state index < -0.39 is 0 Å². The maximum Gasteiger partial charge on any atom is 0.172 e. The fourth-order valence-electron chi connectivity index (χ4n) is 1.63. The van der Waals surface area contributed by atoms with Crippen LogP contribution in [0.2, 0.25) is 0 Å². The Kier molecular flexibility index (Phi) is 2.64. The highest BCUT2D eigenvalue weighted by molar-refractivity contribution is 9.10. The smallest absolute Gasteiger partial charge is 0.172 e. The second-order valence-electron chi connectivity index (χ2n) is 4.17. The van der Waals surface area contributed by atoms with Crippen LogP contribution in [0.4, 0.5) is 0 Å². The Morgan fingerprint density at radius 2 is 2.20 bits per heavy atom. The molecule has 0 aromatic heterocycles. The van der Waals surface area contributed by atoms with Crippen LogP contribution in [0.25, 0.3) is 0 Å². The maximum atomic E-state index is 9.63. The Morgan fingerprint density at radius 1 is 1.53 bits per heavy atom. The molecular formula is C11H14BrNO2. The van der Waals surface area contributed by atoms with Crippen molar-refractivity contribution in [3.05, 3.63) is 22.2 Å². The minimum absolute atomic E-state index is 0.0264. The van der Waals surface area contributed by atoms with Crippen molar-refractivity contribution in [2.45, 2.75) is 24.8 Å². The third-order valence-electron chi connectivity index (χ3n) is 2.76. The van der Waals surface area contributed by atoms with Gasteiger partial charge < -0.3 is 15.6 Å². The summed E-state index contributed by atoms with van der Waals surface area (Å²) in [6.45, 7) is 0. The summed E-state index contributed by atoms with van der Waals surface area (Å²) in [5.74, 6) is 0.631. The van der Waals surface area contributed by atoms with Gasteiger partial charge in [0.05, 0.1) is 11.6 Å². The minimum atomic E-state index is -0.0264. The normalized spacial score (nSPS) is 17.5. The Bertz CT molecular complexity index is 388. The van der Waals surface area contributed by atoms with Crippen molar-refractivity contribution in [1.82, 2.24) is 0 Å². The Balaban J connectivity index is 2.28. The number of rotatable bonds is 3. The molecule has 1 aliphatic rings. The van der Waals surface area contributed by atoms with Gasteiger partial charge in [0.1, 0.15) is 0 Å². The van der Waals surface area contributed by atoms with Crippen LogP contribution >= 0.6 is 15.9 Å². The summed E-state index contributed by atoms with van der Waals surface area (Å²) in [7, 11) is 1.54. The molecule has 0 aliphatic heterocycles. The highest BCUT2D eigenvalue weighted by atomic mass is 79.9. The number of ether oxygens (including phenoxy) is 1. The number of hydrogen-bond donors (Lipinski definition) is 2. The molecule has 1 aliphatic carbocycles. The van der Waals surface area contributed by atoms with Crippen molar-refractivity contribution in [3.63, 3.8) is 0 Å². The molecular weight excluding hydrogens is 258 g/mol. The fraction of sp³-hybridized carbons (Fsp3) is 0.455. The van der Waals surface area contributed by atoms with E-state index in [0.29, 0.717) is 10.2 Å². The molecule has 1 fully saturated rings. The summed E-state index contributed by atoms with van der Waals surface area (Å²) in [5.41, 5.74) is 7.11. The first-order chi connectivity index (χ1) is 7.04. The van der Waals surface area contributed by atoms with Crippen molar-refractivity contribution in [1.29, 1.82) is 0 Å². The first-order valence-corrected chi connectivity index (χ1v) is 5.68. The molecule has 0 atom stereocenters. The molecule has 82 valence electrons. The molecule has 0 spiro atoms. The van der Waals surface area contributed by atoms with Gasteiger partial charge in [0.15, 0.2) is 11.5 Å². The van der Waals surface area contributed by atoms with Gasteiger partial charge >= 0.3 is 0 Å². The minimum Gasteiger partial charge on any atom is -0.503 e. The second kappa shape index (κ2) is 3.68. The molecule has 3 N–H and O–H groups in total. The fourth-order valence-corrected chi connectivity index (χ4v) is 2.12. The zero-order valence-electron chi connectivity index (χ0n) is 8.59. The lowest BCUT2D eigenvalue weighted by Crippen LogP contribution is -2.24. The summed E-state index contributed by atoms with van der Waals surface area (Å²) >= 11 is 3.29. The molecule has 1 saturated carbocycles. The summed E-state index contributed by atoms with van der Waals surface area (Å²) < 4.78 is 5.73. The van der Waals surface area contributed by atoms with Crippen LogP contribution in [0.15, 0.2) is 16.6 Å². The topological polar surface area (TPSA) is 55.5 Å². The zero-order chi connectivity index (χ0) is 11.1. The molecule has 15 heavy (non-hydrogen) atoms. The van der Waals surface area contributed by atoms with Gasteiger partial charge in [-0.2, -0.15) is 0 Å².